The number of hydrogen-bond donors (Lipinski definition) is 2. The minimum Gasteiger partial charge on any atom is -0.434 e. The highest BCUT2D eigenvalue weighted by molar-refractivity contribution is 5.74. The lowest BCUT2D eigenvalue weighted by molar-refractivity contribution is -0.0504. The van der Waals surface area contributed by atoms with Crippen LogP contribution in [0.2, 0.25) is 0 Å². The molecule has 6 heteroatoms. The summed E-state index contributed by atoms with van der Waals surface area (Å²) in [6.07, 6.45) is 4.95. The number of alkyl halides is 2. The monoisotopic (exact) mass is 324 g/mol. The maximum absolute atomic E-state index is 12.4. The van der Waals surface area contributed by atoms with E-state index in [0.29, 0.717) is 17.5 Å². The Bertz CT molecular complexity index is 584. The van der Waals surface area contributed by atoms with Crippen LogP contribution in [0.15, 0.2) is 18.2 Å². The number of carbonyl (C=O) groups is 1. The summed E-state index contributed by atoms with van der Waals surface area (Å²) < 4.78 is 29.3. The van der Waals surface area contributed by atoms with E-state index in [9.17, 15) is 13.6 Å². The fourth-order valence-corrected chi connectivity index (χ4v) is 3.14. The van der Waals surface area contributed by atoms with Crippen molar-refractivity contribution in [2.45, 2.75) is 45.8 Å². The van der Waals surface area contributed by atoms with E-state index in [4.69, 9.17) is 0 Å². The molecule has 2 aliphatic carbocycles. The average molecular weight is 324 g/mol. The largest absolute Gasteiger partial charge is 0.434 e. The van der Waals surface area contributed by atoms with E-state index in [0.717, 1.165) is 11.5 Å². The van der Waals surface area contributed by atoms with Crippen molar-refractivity contribution in [3.63, 3.8) is 0 Å². The maximum Gasteiger partial charge on any atom is 0.387 e. The van der Waals surface area contributed by atoms with Crippen LogP contribution in [0.4, 0.5) is 13.6 Å². The van der Waals surface area contributed by atoms with Gasteiger partial charge in [0.05, 0.1) is 0 Å². The zero-order chi connectivity index (χ0) is 16.4. The highest BCUT2D eigenvalue weighted by atomic mass is 19.3. The van der Waals surface area contributed by atoms with Crippen LogP contribution in [0.25, 0.3) is 0 Å². The first-order chi connectivity index (χ1) is 11.0. The van der Waals surface area contributed by atoms with Crippen molar-refractivity contribution in [3.8, 4) is 5.75 Å². The van der Waals surface area contributed by atoms with Crippen LogP contribution in [-0.4, -0.2) is 19.2 Å². The Balaban J connectivity index is 1.51. The molecular formula is C17H22F2N2O2. The Morgan fingerprint density at radius 2 is 2.09 bits per heavy atom. The van der Waals surface area contributed by atoms with Gasteiger partial charge in [0.1, 0.15) is 5.75 Å². The predicted molar refractivity (Wildman–Crippen MR) is 82.4 cm³/mol. The van der Waals surface area contributed by atoms with Crippen molar-refractivity contribution < 1.29 is 18.3 Å². The standard InChI is InChI=1S/C17H22F2N2O2/c1-11-2-5-14(23-15(18)19)12(8-11)9-20-16(22)21-10-17(6-7-17)13-3-4-13/h2,5,8,13,15H,3-4,6-7,9-10H2,1H3,(H2,20,21,22). The van der Waals surface area contributed by atoms with Gasteiger partial charge in [-0.05, 0) is 50.0 Å². The van der Waals surface area contributed by atoms with Crippen molar-refractivity contribution in [3.05, 3.63) is 29.3 Å². The molecule has 0 saturated heterocycles. The molecule has 126 valence electrons. The molecule has 3 rings (SSSR count). The lowest BCUT2D eigenvalue weighted by Gasteiger charge is -2.16. The fourth-order valence-electron chi connectivity index (χ4n) is 3.14. The number of ether oxygens (including phenoxy) is 1. The van der Waals surface area contributed by atoms with Gasteiger partial charge >= 0.3 is 12.6 Å². The normalized spacial score (nSPS) is 18.6. The van der Waals surface area contributed by atoms with E-state index in [1.54, 1.807) is 12.1 Å². The van der Waals surface area contributed by atoms with Crippen molar-refractivity contribution in [1.29, 1.82) is 0 Å². The molecule has 4 nitrogen and oxygen atoms in total. The number of rotatable bonds is 7. The molecule has 0 atom stereocenters. The second-order valence-corrected chi connectivity index (χ2v) is 6.66. The number of nitrogens with one attached hydrogen (secondary N) is 2. The first-order valence-corrected chi connectivity index (χ1v) is 8.04. The van der Waals surface area contributed by atoms with Crippen LogP contribution in [-0.2, 0) is 6.54 Å². The van der Waals surface area contributed by atoms with Gasteiger partial charge in [0.25, 0.3) is 0 Å². The van der Waals surface area contributed by atoms with E-state index in [1.807, 2.05) is 6.92 Å². The highest BCUT2D eigenvalue weighted by Crippen LogP contribution is 2.60. The molecule has 0 unspecified atom stereocenters. The summed E-state index contributed by atoms with van der Waals surface area (Å²) in [6, 6.07) is 4.68. The zero-order valence-corrected chi connectivity index (χ0v) is 13.2. The summed E-state index contributed by atoms with van der Waals surface area (Å²) in [5.41, 5.74) is 1.81. The minimum absolute atomic E-state index is 0.0996. The molecule has 2 fully saturated rings. The molecular weight excluding hydrogens is 302 g/mol. The molecule has 1 aromatic rings. The van der Waals surface area contributed by atoms with Gasteiger partial charge in [-0.2, -0.15) is 8.78 Å². The Hall–Kier alpha value is -1.85. The van der Waals surface area contributed by atoms with E-state index in [2.05, 4.69) is 15.4 Å². The van der Waals surface area contributed by atoms with Crippen LogP contribution < -0.4 is 15.4 Å². The van der Waals surface area contributed by atoms with E-state index in [-0.39, 0.29) is 18.3 Å². The number of benzene rings is 1. The van der Waals surface area contributed by atoms with Crippen LogP contribution in [0, 0.1) is 18.3 Å². The molecule has 0 bridgehead atoms. The molecule has 0 heterocycles. The second kappa shape index (κ2) is 6.34. The fraction of sp³-hybridized carbons (Fsp3) is 0.588. The molecule has 0 radical (unpaired) electrons. The first kappa shape index (κ1) is 16.0. The van der Waals surface area contributed by atoms with E-state index < -0.39 is 6.61 Å². The third-order valence-corrected chi connectivity index (χ3v) is 4.81. The van der Waals surface area contributed by atoms with Gasteiger partial charge in [0.2, 0.25) is 0 Å². The van der Waals surface area contributed by atoms with Crippen LogP contribution in [0.3, 0.4) is 0 Å². The summed E-state index contributed by atoms with van der Waals surface area (Å²) in [7, 11) is 0. The number of urea groups is 1. The third-order valence-electron chi connectivity index (χ3n) is 4.81. The van der Waals surface area contributed by atoms with Gasteiger partial charge in [0, 0.05) is 18.7 Å². The van der Waals surface area contributed by atoms with Crippen LogP contribution >= 0.6 is 0 Å². The Labute approximate surface area is 134 Å². The smallest absolute Gasteiger partial charge is 0.387 e. The van der Waals surface area contributed by atoms with Gasteiger partial charge in [-0.1, -0.05) is 17.7 Å². The van der Waals surface area contributed by atoms with Gasteiger partial charge in [-0.15, -0.1) is 0 Å². The van der Waals surface area contributed by atoms with Gasteiger partial charge in [0.15, 0.2) is 0 Å². The van der Waals surface area contributed by atoms with E-state index >= 15 is 0 Å². The Morgan fingerprint density at radius 1 is 1.35 bits per heavy atom. The molecule has 2 N–H and O–H groups in total. The summed E-state index contributed by atoms with van der Waals surface area (Å²) in [5, 5.41) is 5.64. The summed E-state index contributed by atoms with van der Waals surface area (Å²) in [5.74, 6) is 0.883. The zero-order valence-electron chi connectivity index (χ0n) is 13.2. The summed E-state index contributed by atoms with van der Waals surface area (Å²) in [6.45, 7) is -0.148. The minimum atomic E-state index is -2.88. The first-order valence-electron chi connectivity index (χ1n) is 8.04. The quantitative estimate of drug-likeness (QED) is 0.805. The lowest BCUT2D eigenvalue weighted by Crippen LogP contribution is -2.39. The molecule has 2 aliphatic rings. The van der Waals surface area contributed by atoms with Crippen LogP contribution in [0.5, 0.6) is 5.75 Å². The topological polar surface area (TPSA) is 50.4 Å². The van der Waals surface area contributed by atoms with Crippen molar-refractivity contribution in [1.82, 2.24) is 10.6 Å². The SMILES string of the molecule is Cc1ccc(OC(F)F)c(CNC(=O)NCC2(C3CC3)CC2)c1. The number of halogens is 2. The van der Waals surface area contributed by atoms with Crippen molar-refractivity contribution in [2.75, 3.05) is 6.54 Å². The Morgan fingerprint density at radius 3 is 2.70 bits per heavy atom. The molecule has 2 amide bonds. The number of hydrogen-bond acceptors (Lipinski definition) is 2. The average Bonchev–Trinajstić information content (AvgIpc) is 3.36. The second-order valence-electron chi connectivity index (χ2n) is 6.66. The lowest BCUT2D eigenvalue weighted by atomic mass is 10.0. The summed E-state index contributed by atoms with van der Waals surface area (Å²) in [4.78, 5) is 11.9. The van der Waals surface area contributed by atoms with Crippen molar-refractivity contribution in [2.24, 2.45) is 11.3 Å². The molecule has 0 aromatic heterocycles. The van der Waals surface area contributed by atoms with Gasteiger partial charge < -0.3 is 15.4 Å². The molecule has 0 aliphatic heterocycles. The number of aryl methyl sites for hydroxylation is 1. The third kappa shape index (κ3) is 4.12. The summed E-state index contributed by atoms with van der Waals surface area (Å²) >= 11 is 0. The van der Waals surface area contributed by atoms with Gasteiger partial charge in [-0.25, -0.2) is 4.79 Å². The van der Waals surface area contributed by atoms with Gasteiger partial charge in [-0.3, -0.25) is 0 Å². The van der Waals surface area contributed by atoms with Crippen LogP contribution in [0.1, 0.15) is 36.8 Å². The number of carbonyl (C=O) groups excluding carboxylic acids is 1. The molecule has 0 spiro atoms. The molecule has 23 heavy (non-hydrogen) atoms. The Kier molecular flexibility index (Phi) is 4.41. The molecule has 1 aromatic carbocycles. The highest BCUT2D eigenvalue weighted by Gasteiger charge is 2.53. The number of amides is 2. The van der Waals surface area contributed by atoms with E-state index in [1.165, 1.54) is 31.7 Å². The predicted octanol–water partition coefficient (Wildman–Crippen LogP) is 3.59. The molecule has 2 saturated carbocycles. The maximum atomic E-state index is 12.4. The van der Waals surface area contributed by atoms with Crippen molar-refractivity contribution >= 4 is 6.03 Å².